The highest BCUT2D eigenvalue weighted by molar-refractivity contribution is 5.73. The van der Waals surface area contributed by atoms with Gasteiger partial charge in [0.25, 0.3) is 5.92 Å². The Balaban J connectivity index is 2.62. The summed E-state index contributed by atoms with van der Waals surface area (Å²) in [6.07, 6.45) is 0. The van der Waals surface area contributed by atoms with Crippen LogP contribution in [0.25, 0.3) is 11.1 Å². The Kier molecular flexibility index (Phi) is 1.80. The van der Waals surface area contributed by atoms with Crippen molar-refractivity contribution in [3.63, 3.8) is 0 Å². The van der Waals surface area contributed by atoms with E-state index in [1.54, 1.807) is 13.0 Å². The minimum atomic E-state index is -2.84. The molecule has 0 bridgehead atoms. The number of aryl methyl sites for hydroxylation is 1. The SMILES string of the molecule is Cc1nc2ccc(C(C)(F)F)cc2o1. The zero-order chi connectivity index (χ0) is 10.3. The largest absolute Gasteiger partial charge is 0.441 e. The van der Waals surface area contributed by atoms with E-state index >= 15 is 0 Å². The summed E-state index contributed by atoms with van der Waals surface area (Å²) in [5.74, 6) is -2.36. The first kappa shape index (κ1) is 9.12. The molecule has 1 aromatic carbocycles. The summed E-state index contributed by atoms with van der Waals surface area (Å²) < 4.78 is 31.0. The van der Waals surface area contributed by atoms with Gasteiger partial charge in [-0.1, -0.05) is 6.07 Å². The minimum absolute atomic E-state index is 0.0545. The Morgan fingerprint density at radius 1 is 1.36 bits per heavy atom. The molecule has 0 fully saturated rings. The molecule has 1 aromatic heterocycles. The average Bonchev–Trinajstić information content (AvgIpc) is 2.41. The highest BCUT2D eigenvalue weighted by Crippen LogP contribution is 2.29. The Labute approximate surface area is 79.6 Å². The topological polar surface area (TPSA) is 26.0 Å². The second kappa shape index (κ2) is 2.77. The first-order chi connectivity index (χ1) is 6.47. The van der Waals surface area contributed by atoms with E-state index in [0.29, 0.717) is 17.0 Å². The fraction of sp³-hybridized carbons (Fsp3) is 0.300. The van der Waals surface area contributed by atoms with Gasteiger partial charge < -0.3 is 4.42 Å². The van der Waals surface area contributed by atoms with Crippen molar-refractivity contribution in [2.45, 2.75) is 19.8 Å². The van der Waals surface area contributed by atoms with Crippen LogP contribution in [-0.2, 0) is 5.92 Å². The van der Waals surface area contributed by atoms with Crippen molar-refractivity contribution in [3.8, 4) is 0 Å². The Morgan fingerprint density at radius 2 is 2.07 bits per heavy atom. The standard InChI is InChI=1S/C10H9F2NO/c1-6-13-8-4-3-7(10(2,11)12)5-9(8)14-6/h3-5H,1-2H3. The van der Waals surface area contributed by atoms with Crippen LogP contribution in [0.1, 0.15) is 18.4 Å². The number of nitrogens with zero attached hydrogens (tertiary/aromatic N) is 1. The highest BCUT2D eigenvalue weighted by Gasteiger charge is 2.24. The fourth-order valence-electron chi connectivity index (χ4n) is 1.31. The molecule has 4 heteroatoms. The molecule has 0 aliphatic rings. The maximum Gasteiger partial charge on any atom is 0.270 e. The summed E-state index contributed by atoms with van der Waals surface area (Å²) in [6.45, 7) is 2.54. The number of aromatic nitrogens is 1. The van der Waals surface area contributed by atoms with Gasteiger partial charge in [0, 0.05) is 19.4 Å². The number of benzene rings is 1. The molecule has 0 unspecified atom stereocenters. The lowest BCUT2D eigenvalue weighted by molar-refractivity contribution is 0.0175. The fourth-order valence-corrected chi connectivity index (χ4v) is 1.31. The van der Waals surface area contributed by atoms with Crippen molar-refractivity contribution in [2.75, 3.05) is 0 Å². The molecular formula is C10H9F2NO. The molecule has 0 spiro atoms. The molecular weight excluding hydrogens is 188 g/mol. The van der Waals surface area contributed by atoms with Gasteiger partial charge in [-0.3, -0.25) is 0 Å². The number of alkyl halides is 2. The van der Waals surface area contributed by atoms with E-state index in [4.69, 9.17) is 4.42 Å². The number of hydrogen-bond acceptors (Lipinski definition) is 2. The summed E-state index contributed by atoms with van der Waals surface area (Å²) in [7, 11) is 0. The van der Waals surface area contributed by atoms with Gasteiger partial charge in [-0.2, -0.15) is 0 Å². The van der Waals surface area contributed by atoms with E-state index in [1.807, 2.05) is 0 Å². The van der Waals surface area contributed by atoms with Gasteiger partial charge in [-0.25, -0.2) is 13.8 Å². The van der Waals surface area contributed by atoms with Gasteiger partial charge in [0.05, 0.1) is 0 Å². The van der Waals surface area contributed by atoms with E-state index in [-0.39, 0.29) is 5.56 Å². The monoisotopic (exact) mass is 197 g/mol. The molecule has 0 radical (unpaired) electrons. The summed E-state index contributed by atoms with van der Waals surface area (Å²) in [4.78, 5) is 4.02. The van der Waals surface area contributed by atoms with Crippen LogP contribution < -0.4 is 0 Å². The molecule has 1 heterocycles. The second-order valence-electron chi connectivity index (χ2n) is 3.30. The summed E-state index contributed by atoms with van der Waals surface area (Å²) in [5.41, 5.74) is 0.957. The van der Waals surface area contributed by atoms with Crippen LogP contribution in [0.4, 0.5) is 8.78 Å². The molecule has 2 aromatic rings. The Hall–Kier alpha value is -1.45. The maximum absolute atomic E-state index is 12.9. The first-order valence-electron chi connectivity index (χ1n) is 4.22. The second-order valence-corrected chi connectivity index (χ2v) is 3.30. The quantitative estimate of drug-likeness (QED) is 0.701. The summed E-state index contributed by atoms with van der Waals surface area (Å²) in [5, 5.41) is 0. The van der Waals surface area contributed by atoms with Crippen molar-refractivity contribution in [1.29, 1.82) is 0 Å². The van der Waals surface area contributed by atoms with Crippen molar-refractivity contribution in [3.05, 3.63) is 29.7 Å². The molecule has 0 aliphatic heterocycles. The van der Waals surface area contributed by atoms with Crippen LogP contribution in [-0.4, -0.2) is 4.98 Å². The van der Waals surface area contributed by atoms with Crippen LogP contribution in [0.2, 0.25) is 0 Å². The van der Waals surface area contributed by atoms with E-state index in [1.165, 1.54) is 12.1 Å². The van der Waals surface area contributed by atoms with Crippen LogP contribution >= 0.6 is 0 Å². The zero-order valence-electron chi connectivity index (χ0n) is 7.84. The molecule has 74 valence electrons. The number of fused-ring (bicyclic) bond motifs is 1. The van der Waals surface area contributed by atoms with Crippen LogP contribution in [0, 0.1) is 6.92 Å². The normalized spacial score (nSPS) is 12.3. The predicted molar refractivity (Wildman–Crippen MR) is 48.3 cm³/mol. The zero-order valence-corrected chi connectivity index (χ0v) is 7.84. The van der Waals surface area contributed by atoms with Crippen molar-refractivity contribution in [1.82, 2.24) is 4.98 Å². The number of hydrogen-bond donors (Lipinski definition) is 0. The highest BCUT2D eigenvalue weighted by atomic mass is 19.3. The lowest BCUT2D eigenvalue weighted by atomic mass is 10.1. The molecule has 0 amide bonds. The van der Waals surface area contributed by atoms with Gasteiger partial charge in [0.1, 0.15) is 5.52 Å². The smallest absolute Gasteiger partial charge is 0.270 e. The number of rotatable bonds is 1. The summed E-state index contributed by atoms with van der Waals surface area (Å²) in [6, 6.07) is 4.23. The van der Waals surface area contributed by atoms with Gasteiger partial charge in [0.2, 0.25) is 0 Å². The van der Waals surface area contributed by atoms with Gasteiger partial charge in [-0.15, -0.1) is 0 Å². The molecule has 0 saturated heterocycles. The van der Waals surface area contributed by atoms with Gasteiger partial charge in [0.15, 0.2) is 11.5 Å². The molecule has 0 aliphatic carbocycles. The third-order valence-electron chi connectivity index (χ3n) is 2.00. The molecule has 2 nitrogen and oxygen atoms in total. The maximum atomic E-state index is 12.9. The molecule has 14 heavy (non-hydrogen) atoms. The van der Waals surface area contributed by atoms with Crippen LogP contribution in [0.5, 0.6) is 0 Å². The third kappa shape index (κ3) is 1.47. The van der Waals surface area contributed by atoms with E-state index in [2.05, 4.69) is 4.98 Å². The predicted octanol–water partition coefficient (Wildman–Crippen LogP) is 3.25. The minimum Gasteiger partial charge on any atom is -0.441 e. The van der Waals surface area contributed by atoms with Gasteiger partial charge >= 0.3 is 0 Å². The third-order valence-corrected chi connectivity index (χ3v) is 2.00. The molecule has 2 rings (SSSR count). The lowest BCUT2D eigenvalue weighted by Crippen LogP contribution is -2.06. The Morgan fingerprint density at radius 3 is 2.71 bits per heavy atom. The molecule has 0 atom stereocenters. The van der Waals surface area contributed by atoms with E-state index in [9.17, 15) is 8.78 Å². The van der Waals surface area contributed by atoms with Crippen LogP contribution in [0.15, 0.2) is 22.6 Å². The van der Waals surface area contributed by atoms with Crippen LogP contribution in [0.3, 0.4) is 0 Å². The van der Waals surface area contributed by atoms with Crippen molar-refractivity contribution >= 4 is 11.1 Å². The van der Waals surface area contributed by atoms with E-state index in [0.717, 1.165) is 6.92 Å². The summed E-state index contributed by atoms with van der Waals surface area (Å²) >= 11 is 0. The number of halogens is 2. The molecule has 0 saturated carbocycles. The Bertz CT molecular complexity index is 470. The van der Waals surface area contributed by atoms with E-state index < -0.39 is 5.92 Å². The van der Waals surface area contributed by atoms with Crippen molar-refractivity contribution in [2.24, 2.45) is 0 Å². The number of oxazole rings is 1. The van der Waals surface area contributed by atoms with Crippen molar-refractivity contribution < 1.29 is 13.2 Å². The molecule has 0 N–H and O–H groups in total. The lowest BCUT2D eigenvalue weighted by Gasteiger charge is -2.08. The average molecular weight is 197 g/mol. The van der Waals surface area contributed by atoms with Gasteiger partial charge in [-0.05, 0) is 12.1 Å². The first-order valence-corrected chi connectivity index (χ1v) is 4.22.